The molecular formula is C14H20O2. The molecule has 88 valence electrons. The Hall–Kier alpha value is -1.31. The van der Waals surface area contributed by atoms with Gasteiger partial charge >= 0.3 is 5.97 Å². The first-order valence-electron chi connectivity index (χ1n) is 5.81. The van der Waals surface area contributed by atoms with Crippen LogP contribution in [0.5, 0.6) is 0 Å². The van der Waals surface area contributed by atoms with Crippen LogP contribution < -0.4 is 0 Å². The molecule has 0 radical (unpaired) electrons. The van der Waals surface area contributed by atoms with Gasteiger partial charge in [-0.1, -0.05) is 25.1 Å². The predicted molar refractivity (Wildman–Crippen MR) is 65.3 cm³/mol. The molecule has 0 spiro atoms. The topological polar surface area (TPSA) is 26.3 Å². The number of hydrogen-bond acceptors (Lipinski definition) is 2. The first kappa shape index (κ1) is 12.8. The van der Waals surface area contributed by atoms with Crippen molar-refractivity contribution >= 4 is 5.97 Å². The van der Waals surface area contributed by atoms with Crippen molar-refractivity contribution < 1.29 is 9.53 Å². The van der Waals surface area contributed by atoms with Crippen molar-refractivity contribution in [3.8, 4) is 0 Å². The van der Waals surface area contributed by atoms with Crippen LogP contribution in [-0.4, -0.2) is 5.97 Å². The fraction of sp³-hybridized carbons (Fsp3) is 0.500. The van der Waals surface area contributed by atoms with Gasteiger partial charge < -0.3 is 4.74 Å². The molecule has 0 amide bonds. The van der Waals surface area contributed by atoms with Crippen LogP contribution in [0.25, 0.3) is 0 Å². The Morgan fingerprint density at radius 1 is 1.31 bits per heavy atom. The van der Waals surface area contributed by atoms with Gasteiger partial charge in [-0.15, -0.1) is 0 Å². The second kappa shape index (κ2) is 5.69. The number of esters is 1. The van der Waals surface area contributed by atoms with E-state index >= 15 is 0 Å². The van der Waals surface area contributed by atoms with Gasteiger partial charge in [0.15, 0.2) is 0 Å². The zero-order valence-electron chi connectivity index (χ0n) is 10.5. The van der Waals surface area contributed by atoms with Gasteiger partial charge in [0.1, 0.15) is 6.10 Å². The quantitative estimate of drug-likeness (QED) is 0.723. The molecule has 0 unspecified atom stereocenters. The highest BCUT2D eigenvalue weighted by molar-refractivity contribution is 5.69. The molecule has 0 fully saturated rings. The van der Waals surface area contributed by atoms with E-state index in [-0.39, 0.29) is 12.1 Å². The number of carbonyl (C=O) groups is 1. The van der Waals surface area contributed by atoms with Gasteiger partial charge in [-0.3, -0.25) is 4.79 Å². The molecule has 0 aliphatic heterocycles. The lowest BCUT2D eigenvalue weighted by molar-refractivity contribution is -0.148. The third-order valence-electron chi connectivity index (χ3n) is 2.76. The predicted octanol–water partition coefficient (Wildman–Crippen LogP) is 3.71. The lowest BCUT2D eigenvalue weighted by atomic mass is 10.0. The van der Waals surface area contributed by atoms with Crippen LogP contribution in [0.4, 0.5) is 0 Å². The van der Waals surface area contributed by atoms with Gasteiger partial charge in [-0.05, 0) is 43.9 Å². The van der Waals surface area contributed by atoms with Crippen molar-refractivity contribution in [2.45, 2.75) is 46.6 Å². The fourth-order valence-corrected chi connectivity index (χ4v) is 1.55. The first-order chi connectivity index (χ1) is 7.54. The van der Waals surface area contributed by atoms with Crippen molar-refractivity contribution in [2.24, 2.45) is 0 Å². The zero-order chi connectivity index (χ0) is 12.1. The molecule has 0 N–H and O–H groups in total. The molecule has 2 heteroatoms. The average Bonchev–Trinajstić information content (AvgIpc) is 2.22. The van der Waals surface area contributed by atoms with Crippen molar-refractivity contribution in [1.29, 1.82) is 0 Å². The molecule has 0 aromatic heterocycles. The molecule has 2 nitrogen and oxygen atoms in total. The second-order valence-electron chi connectivity index (χ2n) is 4.23. The Morgan fingerprint density at radius 3 is 2.56 bits per heavy atom. The lowest BCUT2D eigenvalue weighted by Crippen LogP contribution is -2.08. The van der Waals surface area contributed by atoms with E-state index in [0.717, 1.165) is 12.0 Å². The highest BCUT2D eigenvalue weighted by Crippen LogP contribution is 2.20. The molecule has 0 aliphatic rings. The van der Waals surface area contributed by atoms with Crippen molar-refractivity contribution in [3.63, 3.8) is 0 Å². The number of hydrogen-bond donors (Lipinski definition) is 0. The van der Waals surface area contributed by atoms with Crippen LogP contribution in [0, 0.1) is 13.8 Å². The van der Waals surface area contributed by atoms with Gasteiger partial charge in [-0.25, -0.2) is 0 Å². The minimum absolute atomic E-state index is 0.117. The summed E-state index contributed by atoms with van der Waals surface area (Å²) in [6.07, 6.45) is 1.17. The largest absolute Gasteiger partial charge is 0.458 e. The molecule has 0 aliphatic carbocycles. The molecule has 0 heterocycles. The molecule has 1 atom stereocenters. The molecular weight excluding hydrogens is 200 g/mol. The van der Waals surface area contributed by atoms with E-state index in [1.54, 1.807) is 0 Å². The SMILES string of the molecule is CCCC(=O)O[C@H](C)c1ccc(C)c(C)c1. The number of aryl methyl sites for hydroxylation is 2. The number of carbonyl (C=O) groups excluding carboxylic acids is 1. The maximum absolute atomic E-state index is 11.4. The van der Waals surface area contributed by atoms with Crippen molar-refractivity contribution in [3.05, 3.63) is 34.9 Å². The summed E-state index contributed by atoms with van der Waals surface area (Å²) in [6.45, 7) is 8.03. The van der Waals surface area contributed by atoms with Gasteiger partial charge in [0.2, 0.25) is 0 Å². The van der Waals surface area contributed by atoms with E-state index in [2.05, 4.69) is 26.0 Å². The van der Waals surface area contributed by atoms with E-state index in [4.69, 9.17) is 4.74 Å². The summed E-state index contributed by atoms with van der Waals surface area (Å²) >= 11 is 0. The normalized spacial score (nSPS) is 12.2. The average molecular weight is 220 g/mol. The number of rotatable bonds is 4. The summed E-state index contributed by atoms with van der Waals surface area (Å²) in [7, 11) is 0. The highest BCUT2D eigenvalue weighted by Gasteiger charge is 2.11. The Bertz CT molecular complexity index is 369. The van der Waals surface area contributed by atoms with Gasteiger partial charge in [0.25, 0.3) is 0 Å². The minimum atomic E-state index is -0.154. The molecule has 1 rings (SSSR count). The highest BCUT2D eigenvalue weighted by atomic mass is 16.5. The summed E-state index contributed by atoms with van der Waals surface area (Å²) in [5, 5.41) is 0. The van der Waals surface area contributed by atoms with Crippen LogP contribution in [0.3, 0.4) is 0 Å². The first-order valence-corrected chi connectivity index (χ1v) is 5.81. The van der Waals surface area contributed by atoms with Gasteiger partial charge in [0, 0.05) is 6.42 Å². The van der Waals surface area contributed by atoms with Crippen LogP contribution in [0.15, 0.2) is 18.2 Å². The van der Waals surface area contributed by atoms with E-state index < -0.39 is 0 Å². The summed E-state index contributed by atoms with van der Waals surface area (Å²) < 4.78 is 5.33. The van der Waals surface area contributed by atoms with E-state index in [0.29, 0.717) is 6.42 Å². The molecule has 16 heavy (non-hydrogen) atoms. The standard InChI is InChI=1S/C14H20O2/c1-5-6-14(15)16-12(4)13-8-7-10(2)11(3)9-13/h7-9,12H,5-6H2,1-4H3/t12-/m1/s1. The minimum Gasteiger partial charge on any atom is -0.458 e. The van der Waals surface area contributed by atoms with Crippen molar-refractivity contribution in [2.75, 3.05) is 0 Å². The second-order valence-corrected chi connectivity index (χ2v) is 4.23. The maximum atomic E-state index is 11.4. The summed E-state index contributed by atoms with van der Waals surface area (Å²) in [5.41, 5.74) is 3.55. The maximum Gasteiger partial charge on any atom is 0.306 e. The van der Waals surface area contributed by atoms with Crippen LogP contribution in [0.1, 0.15) is 49.5 Å². The molecule has 0 saturated carbocycles. The Kier molecular flexibility index (Phi) is 4.53. The van der Waals surface area contributed by atoms with Crippen LogP contribution >= 0.6 is 0 Å². The molecule has 0 bridgehead atoms. The van der Waals surface area contributed by atoms with Crippen molar-refractivity contribution in [1.82, 2.24) is 0 Å². The third kappa shape index (κ3) is 3.37. The Balaban J connectivity index is 2.69. The van der Waals surface area contributed by atoms with Crippen LogP contribution in [0.2, 0.25) is 0 Å². The summed E-state index contributed by atoms with van der Waals surface area (Å²) in [4.78, 5) is 11.4. The van der Waals surface area contributed by atoms with Crippen LogP contribution in [-0.2, 0) is 9.53 Å². The smallest absolute Gasteiger partial charge is 0.306 e. The Morgan fingerprint density at radius 2 is 2.00 bits per heavy atom. The van der Waals surface area contributed by atoms with E-state index in [9.17, 15) is 4.79 Å². The third-order valence-corrected chi connectivity index (χ3v) is 2.76. The lowest BCUT2D eigenvalue weighted by Gasteiger charge is -2.14. The van der Waals surface area contributed by atoms with Gasteiger partial charge in [0.05, 0.1) is 0 Å². The summed E-state index contributed by atoms with van der Waals surface area (Å²) in [5.74, 6) is -0.117. The van der Waals surface area contributed by atoms with Gasteiger partial charge in [-0.2, -0.15) is 0 Å². The summed E-state index contributed by atoms with van der Waals surface area (Å²) in [6, 6.07) is 6.17. The van der Waals surface area contributed by atoms with E-state index in [1.165, 1.54) is 11.1 Å². The fourth-order valence-electron chi connectivity index (χ4n) is 1.55. The molecule has 1 aromatic rings. The Labute approximate surface area is 97.6 Å². The molecule has 1 aromatic carbocycles. The molecule has 0 saturated heterocycles. The van der Waals surface area contributed by atoms with E-state index in [1.807, 2.05) is 19.9 Å². The zero-order valence-corrected chi connectivity index (χ0v) is 10.5. The monoisotopic (exact) mass is 220 g/mol. The number of ether oxygens (including phenoxy) is 1. The number of benzene rings is 1.